The molecule has 0 saturated heterocycles. The number of halogens is 4. The average Bonchev–Trinajstić information content (AvgIpc) is 2.54. The maximum Gasteiger partial charge on any atom is 0.341 e. The molecule has 0 saturated carbocycles. The van der Waals surface area contributed by atoms with E-state index in [-0.39, 0.29) is 23.1 Å². The van der Waals surface area contributed by atoms with Crippen molar-refractivity contribution in [3.8, 4) is 5.75 Å². The summed E-state index contributed by atoms with van der Waals surface area (Å²) in [6.45, 7) is -0.363. The number of rotatable bonds is 6. The minimum Gasteiger partial charge on any atom is -0.482 e. The van der Waals surface area contributed by atoms with Gasteiger partial charge in [0.25, 0.3) is 5.91 Å². The maximum absolute atomic E-state index is 12.4. The second-order valence-corrected chi connectivity index (χ2v) is 7.50. The molecule has 2 rings (SSSR count). The van der Waals surface area contributed by atoms with Gasteiger partial charge in [0, 0.05) is 10.7 Å². The van der Waals surface area contributed by atoms with Gasteiger partial charge in [0.2, 0.25) is 9.84 Å². The zero-order valence-corrected chi connectivity index (χ0v) is 14.7. The minimum atomic E-state index is -4.67. The molecule has 5 nitrogen and oxygen atoms in total. The highest BCUT2D eigenvalue weighted by Crippen LogP contribution is 2.27. The van der Waals surface area contributed by atoms with Gasteiger partial charge in [-0.1, -0.05) is 23.2 Å². The summed E-state index contributed by atoms with van der Waals surface area (Å²) < 4.78 is 52.7. The molecule has 2 aromatic rings. The van der Waals surface area contributed by atoms with Crippen LogP contribution in [0.1, 0.15) is 0 Å². The Morgan fingerprint density at radius 3 is 2.32 bits per heavy atom. The lowest BCUT2D eigenvalue weighted by Crippen LogP contribution is -2.20. The van der Waals surface area contributed by atoms with Gasteiger partial charge in [0.1, 0.15) is 5.75 Å². The van der Waals surface area contributed by atoms with Crippen LogP contribution in [0.25, 0.3) is 0 Å². The zero-order valence-electron chi connectivity index (χ0n) is 12.4. The van der Waals surface area contributed by atoms with Crippen LogP contribution in [0.3, 0.4) is 0 Å². The van der Waals surface area contributed by atoms with Gasteiger partial charge in [0.05, 0.1) is 9.92 Å². The normalized spacial score (nSPS) is 11.4. The first kappa shape index (κ1) is 19.4. The Labute approximate surface area is 152 Å². The first-order chi connectivity index (χ1) is 11.7. The summed E-state index contributed by atoms with van der Waals surface area (Å²) in [5.41, 5.74) is 0.226. The van der Waals surface area contributed by atoms with Gasteiger partial charge < -0.3 is 10.1 Å². The summed E-state index contributed by atoms with van der Waals surface area (Å²) in [5.74, 6) is -3.79. The fraction of sp³-hybridized carbons (Fsp3) is 0.133. The fourth-order valence-corrected chi connectivity index (χ4v) is 2.95. The van der Waals surface area contributed by atoms with Gasteiger partial charge >= 0.3 is 5.76 Å². The van der Waals surface area contributed by atoms with Crippen LogP contribution in [0.15, 0.2) is 47.4 Å². The van der Waals surface area contributed by atoms with Crippen LogP contribution in [0.4, 0.5) is 14.5 Å². The van der Waals surface area contributed by atoms with Crippen LogP contribution in [0.5, 0.6) is 5.75 Å². The summed E-state index contributed by atoms with van der Waals surface area (Å²) in [6, 6.07) is 8.86. The molecule has 0 atom stereocenters. The van der Waals surface area contributed by atoms with Crippen molar-refractivity contribution in [2.45, 2.75) is 10.7 Å². The monoisotopic (exact) mass is 409 g/mol. The molecule has 0 unspecified atom stereocenters. The SMILES string of the molecule is O=C(COc1ccc(Cl)cc1Cl)Nc1ccc(S(=O)(=O)C(F)F)cc1. The number of sulfone groups is 1. The Morgan fingerprint density at radius 2 is 1.76 bits per heavy atom. The predicted octanol–water partition coefficient (Wildman–Crippen LogP) is 4.01. The third-order valence-electron chi connectivity index (χ3n) is 2.95. The number of alkyl halides is 2. The molecule has 0 spiro atoms. The average molecular weight is 410 g/mol. The summed E-state index contributed by atoms with van der Waals surface area (Å²) in [5, 5.41) is 3.09. The Balaban J connectivity index is 1.97. The Bertz CT molecular complexity index is 874. The maximum atomic E-state index is 12.4. The lowest BCUT2D eigenvalue weighted by atomic mass is 10.3. The molecular weight excluding hydrogens is 399 g/mol. The van der Waals surface area contributed by atoms with E-state index in [1.54, 1.807) is 6.07 Å². The molecule has 0 heterocycles. The molecule has 0 aliphatic carbocycles. The summed E-state index contributed by atoms with van der Waals surface area (Å²) >= 11 is 11.6. The molecule has 2 aromatic carbocycles. The van der Waals surface area contributed by atoms with Crippen molar-refractivity contribution in [1.82, 2.24) is 0 Å². The number of nitrogens with one attached hydrogen (secondary N) is 1. The second kappa shape index (κ2) is 7.99. The highest BCUT2D eigenvalue weighted by molar-refractivity contribution is 7.91. The van der Waals surface area contributed by atoms with Crippen LogP contribution in [-0.4, -0.2) is 26.7 Å². The topological polar surface area (TPSA) is 72.5 Å². The van der Waals surface area contributed by atoms with E-state index in [0.717, 1.165) is 12.1 Å². The molecule has 0 aliphatic rings. The standard InChI is InChI=1S/C15H11Cl2F2NO4S/c16-9-1-6-13(12(17)7-9)24-8-14(21)20-10-2-4-11(5-3-10)25(22,23)15(18)19/h1-7,15H,8H2,(H,20,21). The van der Waals surface area contributed by atoms with Gasteiger partial charge in [-0.2, -0.15) is 8.78 Å². The van der Waals surface area contributed by atoms with E-state index in [1.807, 2.05) is 0 Å². The van der Waals surface area contributed by atoms with Crippen LogP contribution < -0.4 is 10.1 Å². The van der Waals surface area contributed by atoms with Crippen LogP contribution in [-0.2, 0) is 14.6 Å². The van der Waals surface area contributed by atoms with E-state index in [9.17, 15) is 22.0 Å². The van der Waals surface area contributed by atoms with Crippen molar-refractivity contribution >= 4 is 44.6 Å². The van der Waals surface area contributed by atoms with Crippen LogP contribution in [0.2, 0.25) is 10.0 Å². The van der Waals surface area contributed by atoms with Crippen molar-refractivity contribution < 1.29 is 26.7 Å². The Kier molecular flexibility index (Phi) is 6.21. The van der Waals surface area contributed by atoms with Crippen molar-refractivity contribution in [1.29, 1.82) is 0 Å². The van der Waals surface area contributed by atoms with Crippen LogP contribution >= 0.6 is 23.2 Å². The number of carbonyl (C=O) groups excluding carboxylic acids is 1. The van der Waals surface area contributed by atoms with Crippen molar-refractivity contribution in [2.75, 3.05) is 11.9 Å². The number of benzene rings is 2. The molecule has 25 heavy (non-hydrogen) atoms. The second-order valence-electron chi connectivity index (χ2n) is 4.74. The molecular formula is C15H11Cl2F2NO4S. The Morgan fingerprint density at radius 1 is 1.12 bits per heavy atom. The summed E-state index contributed by atoms with van der Waals surface area (Å²) in [4.78, 5) is 11.3. The molecule has 1 N–H and O–H groups in total. The van der Waals surface area contributed by atoms with Gasteiger partial charge in [-0.25, -0.2) is 8.42 Å². The van der Waals surface area contributed by atoms with E-state index in [0.29, 0.717) is 5.02 Å². The van der Waals surface area contributed by atoms with Gasteiger partial charge in [-0.15, -0.1) is 0 Å². The smallest absolute Gasteiger partial charge is 0.341 e. The quantitative estimate of drug-likeness (QED) is 0.781. The van der Waals surface area contributed by atoms with Crippen LogP contribution in [0, 0.1) is 0 Å². The third kappa shape index (κ3) is 5.04. The highest BCUT2D eigenvalue weighted by atomic mass is 35.5. The van der Waals surface area contributed by atoms with Gasteiger partial charge in [-0.3, -0.25) is 4.79 Å². The number of ether oxygens (including phenoxy) is 1. The first-order valence-electron chi connectivity index (χ1n) is 6.70. The minimum absolute atomic E-state index is 0.226. The van der Waals surface area contributed by atoms with Crippen molar-refractivity contribution in [3.05, 3.63) is 52.5 Å². The number of hydrogen-bond donors (Lipinski definition) is 1. The number of carbonyl (C=O) groups is 1. The number of anilines is 1. The number of amides is 1. The fourth-order valence-electron chi connectivity index (χ4n) is 1.76. The molecule has 0 radical (unpaired) electrons. The summed E-state index contributed by atoms with van der Waals surface area (Å²) in [6.07, 6.45) is 0. The lowest BCUT2D eigenvalue weighted by Gasteiger charge is -2.09. The Hall–Kier alpha value is -1.90. The van der Waals surface area contributed by atoms with Gasteiger partial charge in [-0.05, 0) is 42.5 Å². The van der Waals surface area contributed by atoms with E-state index in [1.165, 1.54) is 24.3 Å². The first-order valence-corrected chi connectivity index (χ1v) is 9.00. The largest absolute Gasteiger partial charge is 0.482 e. The molecule has 134 valence electrons. The molecule has 0 aromatic heterocycles. The van der Waals surface area contributed by atoms with E-state index in [4.69, 9.17) is 27.9 Å². The molecule has 10 heteroatoms. The third-order valence-corrected chi connectivity index (χ3v) is 4.88. The molecule has 0 fully saturated rings. The van der Waals surface area contributed by atoms with Crippen molar-refractivity contribution in [3.63, 3.8) is 0 Å². The number of hydrogen-bond acceptors (Lipinski definition) is 4. The van der Waals surface area contributed by atoms with E-state index in [2.05, 4.69) is 5.32 Å². The lowest BCUT2D eigenvalue weighted by molar-refractivity contribution is -0.118. The highest BCUT2D eigenvalue weighted by Gasteiger charge is 2.26. The molecule has 0 bridgehead atoms. The van der Waals surface area contributed by atoms with Crippen molar-refractivity contribution in [2.24, 2.45) is 0 Å². The zero-order chi connectivity index (χ0) is 18.6. The van der Waals surface area contributed by atoms with E-state index >= 15 is 0 Å². The van der Waals surface area contributed by atoms with Gasteiger partial charge in [0.15, 0.2) is 6.61 Å². The van der Waals surface area contributed by atoms with E-state index < -0.39 is 26.4 Å². The molecule has 1 amide bonds. The summed E-state index contributed by atoms with van der Waals surface area (Å²) in [7, 11) is -4.67. The molecule has 0 aliphatic heterocycles. The predicted molar refractivity (Wildman–Crippen MR) is 90.2 cm³/mol.